The van der Waals surface area contributed by atoms with Crippen LogP contribution in [0.5, 0.6) is 5.75 Å². The van der Waals surface area contributed by atoms with Gasteiger partial charge in [-0.3, -0.25) is 4.79 Å². The minimum Gasteiger partial charge on any atom is -0.497 e. The first kappa shape index (κ1) is 24.3. The third kappa shape index (κ3) is 5.11. The van der Waals surface area contributed by atoms with Crippen molar-refractivity contribution in [2.75, 3.05) is 13.7 Å². The Morgan fingerprint density at radius 3 is 2.62 bits per heavy atom. The molecule has 7 nitrogen and oxygen atoms in total. The van der Waals surface area contributed by atoms with Crippen LogP contribution in [-0.4, -0.2) is 35.4 Å². The summed E-state index contributed by atoms with van der Waals surface area (Å²) in [6, 6.07) is 24.8. The number of carbonyl (C=O) groups is 2. The zero-order chi connectivity index (χ0) is 25.8. The van der Waals surface area contributed by atoms with Crippen molar-refractivity contribution in [2.24, 2.45) is 0 Å². The largest absolute Gasteiger partial charge is 0.497 e. The number of methoxy groups -OCH3 is 1. The van der Waals surface area contributed by atoms with E-state index < -0.39 is 5.97 Å². The first-order valence-corrected chi connectivity index (χ1v) is 12.5. The molecule has 1 amide bonds. The highest BCUT2D eigenvalue weighted by molar-refractivity contribution is 5.94. The van der Waals surface area contributed by atoms with Crippen LogP contribution in [0.1, 0.15) is 57.8 Å². The minimum atomic E-state index is -0.492. The summed E-state index contributed by atoms with van der Waals surface area (Å²) >= 11 is 0. The van der Waals surface area contributed by atoms with Gasteiger partial charge in [0, 0.05) is 11.1 Å². The number of amides is 1. The van der Waals surface area contributed by atoms with E-state index in [-0.39, 0.29) is 24.2 Å². The van der Waals surface area contributed by atoms with E-state index in [4.69, 9.17) is 9.47 Å². The van der Waals surface area contributed by atoms with Crippen molar-refractivity contribution in [2.45, 2.75) is 32.2 Å². The maximum absolute atomic E-state index is 13.1. The Morgan fingerprint density at radius 2 is 1.84 bits per heavy atom. The number of nitrogens with zero attached hydrogens (tertiary/aromatic N) is 2. The normalized spacial score (nSPS) is 14.5. The second kappa shape index (κ2) is 10.7. The van der Waals surface area contributed by atoms with E-state index in [2.05, 4.69) is 22.5 Å². The fourth-order valence-electron chi connectivity index (χ4n) is 4.77. The zero-order valence-corrected chi connectivity index (χ0v) is 20.9. The van der Waals surface area contributed by atoms with Gasteiger partial charge in [0.2, 0.25) is 0 Å². The van der Waals surface area contributed by atoms with Crippen molar-refractivity contribution in [1.29, 1.82) is 0 Å². The summed E-state index contributed by atoms with van der Waals surface area (Å²) in [5.41, 5.74) is 5.52. The molecule has 0 saturated heterocycles. The molecule has 1 heterocycles. The maximum atomic E-state index is 13.1. The number of esters is 1. The van der Waals surface area contributed by atoms with Crippen LogP contribution in [0.3, 0.4) is 0 Å². The molecular formula is C30H29N3O4. The number of benzene rings is 3. The molecule has 0 spiro atoms. The summed E-state index contributed by atoms with van der Waals surface area (Å²) in [7, 11) is 1.61. The molecule has 188 valence electrons. The van der Waals surface area contributed by atoms with Gasteiger partial charge >= 0.3 is 5.97 Å². The zero-order valence-electron chi connectivity index (χ0n) is 20.9. The van der Waals surface area contributed by atoms with Gasteiger partial charge in [-0.2, -0.15) is 5.10 Å². The Bertz CT molecular complexity index is 1430. The van der Waals surface area contributed by atoms with Gasteiger partial charge in [-0.25, -0.2) is 9.48 Å². The molecule has 3 aromatic carbocycles. The number of nitrogens with one attached hydrogen (secondary N) is 1. The second-order valence-electron chi connectivity index (χ2n) is 8.94. The van der Waals surface area contributed by atoms with Crippen LogP contribution in [-0.2, 0) is 11.2 Å². The Hall–Kier alpha value is -4.39. The van der Waals surface area contributed by atoms with Crippen molar-refractivity contribution in [1.82, 2.24) is 15.1 Å². The first-order chi connectivity index (χ1) is 18.1. The Kier molecular flexibility index (Phi) is 7.03. The average Bonchev–Trinajstić information content (AvgIpc) is 3.39. The average molecular weight is 496 g/mol. The van der Waals surface area contributed by atoms with Crippen molar-refractivity contribution in [3.05, 3.63) is 101 Å². The summed E-state index contributed by atoms with van der Waals surface area (Å²) in [4.78, 5) is 25.5. The van der Waals surface area contributed by atoms with Gasteiger partial charge in [-0.1, -0.05) is 36.4 Å². The van der Waals surface area contributed by atoms with E-state index in [1.165, 1.54) is 11.1 Å². The number of aromatic nitrogens is 2. The van der Waals surface area contributed by atoms with Crippen LogP contribution in [0, 0.1) is 0 Å². The van der Waals surface area contributed by atoms with Crippen LogP contribution in [0.25, 0.3) is 16.9 Å². The van der Waals surface area contributed by atoms with E-state index in [0.717, 1.165) is 24.8 Å². The smallest absolute Gasteiger partial charge is 0.358 e. The topological polar surface area (TPSA) is 82.5 Å². The number of ether oxygens (including phenoxy) is 2. The maximum Gasteiger partial charge on any atom is 0.358 e. The van der Waals surface area contributed by atoms with Crippen LogP contribution < -0.4 is 10.1 Å². The van der Waals surface area contributed by atoms with Crippen molar-refractivity contribution >= 4 is 11.9 Å². The lowest BCUT2D eigenvalue weighted by molar-refractivity contribution is 0.0518. The van der Waals surface area contributed by atoms with Gasteiger partial charge in [-0.05, 0) is 79.8 Å². The predicted octanol–water partition coefficient (Wildman–Crippen LogP) is 5.53. The molecule has 0 aliphatic heterocycles. The van der Waals surface area contributed by atoms with Gasteiger partial charge in [0.15, 0.2) is 5.69 Å². The lowest BCUT2D eigenvalue weighted by Gasteiger charge is -2.26. The molecule has 1 aromatic heterocycles. The monoisotopic (exact) mass is 495 g/mol. The van der Waals surface area contributed by atoms with Crippen LogP contribution >= 0.6 is 0 Å². The van der Waals surface area contributed by atoms with Crippen LogP contribution in [0.4, 0.5) is 0 Å². The fraction of sp³-hybridized carbons (Fsp3) is 0.233. The van der Waals surface area contributed by atoms with Gasteiger partial charge in [0.05, 0.1) is 31.1 Å². The summed E-state index contributed by atoms with van der Waals surface area (Å²) < 4.78 is 12.2. The number of carbonyl (C=O) groups excluding carboxylic acids is 2. The second-order valence-corrected chi connectivity index (χ2v) is 8.94. The third-order valence-electron chi connectivity index (χ3n) is 6.61. The fourth-order valence-corrected chi connectivity index (χ4v) is 4.77. The van der Waals surface area contributed by atoms with Gasteiger partial charge in [-0.15, -0.1) is 0 Å². The molecule has 5 rings (SSSR count). The summed E-state index contributed by atoms with van der Waals surface area (Å²) in [6.07, 6.45) is 3.02. The number of hydrogen-bond donors (Lipinski definition) is 1. The summed E-state index contributed by atoms with van der Waals surface area (Å²) in [6.45, 7) is 2.02. The number of hydrogen-bond acceptors (Lipinski definition) is 5. The van der Waals surface area contributed by atoms with E-state index in [0.29, 0.717) is 22.7 Å². The predicted molar refractivity (Wildman–Crippen MR) is 141 cm³/mol. The van der Waals surface area contributed by atoms with Crippen molar-refractivity contribution in [3.8, 4) is 22.7 Å². The first-order valence-electron chi connectivity index (χ1n) is 12.5. The molecule has 1 unspecified atom stereocenters. The molecule has 1 N–H and O–H groups in total. The highest BCUT2D eigenvalue weighted by Gasteiger charge is 2.22. The molecule has 0 bridgehead atoms. The Balaban J connectivity index is 1.43. The molecule has 0 radical (unpaired) electrons. The summed E-state index contributed by atoms with van der Waals surface area (Å²) in [5.74, 6) is 0.0855. The Labute approximate surface area is 216 Å². The highest BCUT2D eigenvalue weighted by Crippen LogP contribution is 2.30. The van der Waals surface area contributed by atoms with Gasteiger partial charge in [0.25, 0.3) is 5.91 Å². The SMILES string of the molecule is CCOC(=O)c1cc(-c2cccc(OC)c2)n(-c2ccc(C(=O)NC3CCCc4ccccc43)cc2)n1. The lowest BCUT2D eigenvalue weighted by atomic mass is 9.87. The molecule has 1 aliphatic carbocycles. The van der Waals surface area contributed by atoms with Crippen LogP contribution in [0.15, 0.2) is 78.9 Å². The van der Waals surface area contributed by atoms with E-state index in [9.17, 15) is 9.59 Å². The van der Waals surface area contributed by atoms with E-state index in [1.807, 2.05) is 48.5 Å². The number of aryl methyl sites for hydroxylation is 1. The molecule has 0 saturated carbocycles. The number of fused-ring (bicyclic) bond motifs is 1. The minimum absolute atomic E-state index is 0.00930. The summed E-state index contributed by atoms with van der Waals surface area (Å²) in [5, 5.41) is 7.72. The lowest BCUT2D eigenvalue weighted by Crippen LogP contribution is -2.30. The molecule has 37 heavy (non-hydrogen) atoms. The van der Waals surface area contributed by atoms with Crippen LogP contribution in [0.2, 0.25) is 0 Å². The van der Waals surface area contributed by atoms with Gasteiger partial charge in [0.1, 0.15) is 5.75 Å². The quantitative estimate of drug-likeness (QED) is 0.341. The molecule has 1 aliphatic rings. The molecule has 1 atom stereocenters. The van der Waals surface area contributed by atoms with Gasteiger partial charge < -0.3 is 14.8 Å². The molecular weight excluding hydrogens is 466 g/mol. The molecule has 0 fully saturated rings. The van der Waals surface area contributed by atoms with Crippen molar-refractivity contribution < 1.29 is 19.1 Å². The highest BCUT2D eigenvalue weighted by atomic mass is 16.5. The standard InChI is InChI=1S/C30H29N3O4/c1-3-37-30(35)27-19-28(22-10-6-11-24(18-22)36-2)33(32-27)23-16-14-21(15-17-23)29(34)31-26-13-7-9-20-8-4-5-12-25(20)26/h4-6,8,10-12,14-19,26H,3,7,9,13H2,1-2H3,(H,31,34). The third-order valence-corrected chi connectivity index (χ3v) is 6.61. The molecule has 4 aromatic rings. The Morgan fingerprint density at radius 1 is 1.03 bits per heavy atom. The van der Waals surface area contributed by atoms with E-state index >= 15 is 0 Å². The van der Waals surface area contributed by atoms with Crippen molar-refractivity contribution in [3.63, 3.8) is 0 Å². The van der Waals surface area contributed by atoms with E-state index in [1.54, 1.807) is 36.9 Å². The molecule has 7 heteroatoms. The number of rotatable bonds is 7.